The van der Waals surface area contributed by atoms with Crippen LogP contribution < -0.4 is 5.32 Å². The monoisotopic (exact) mass is 320 g/mol. The molecule has 2 rings (SSSR count). The van der Waals surface area contributed by atoms with Crippen molar-refractivity contribution in [2.24, 2.45) is 0 Å². The number of piperidine rings is 1. The van der Waals surface area contributed by atoms with E-state index < -0.39 is 0 Å². The predicted molar refractivity (Wildman–Crippen MR) is 84.8 cm³/mol. The normalized spacial score (nSPS) is 18.0. The molecule has 1 saturated heterocycles. The number of nitrogens with zero attached hydrogens (tertiary/aromatic N) is 1. The van der Waals surface area contributed by atoms with Gasteiger partial charge in [-0.15, -0.1) is 0 Å². The molecule has 106 valence electrons. The molecule has 0 spiro atoms. The smallest absolute Gasteiger partial charge is 0.0722 e. The van der Waals surface area contributed by atoms with Gasteiger partial charge in [-0.3, -0.25) is 0 Å². The van der Waals surface area contributed by atoms with Crippen molar-refractivity contribution in [3.05, 3.63) is 27.2 Å². The summed E-state index contributed by atoms with van der Waals surface area (Å²) in [6.07, 6.45) is 2.21. The maximum absolute atomic E-state index is 6.19. The topological polar surface area (TPSA) is 15.3 Å². The Morgan fingerprint density at radius 2 is 1.63 bits per heavy atom. The third-order valence-electron chi connectivity index (χ3n) is 3.62. The highest BCUT2D eigenvalue weighted by Gasteiger charge is 2.22. The summed E-state index contributed by atoms with van der Waals surface area (Å²) < 4.78 is 0. The highest BCUT2D eigenvalue weighted by atomic mass is 35.5. The average Bonchev–Trinajstić information content (AvgIpc) is 2.34. The average molecular weight is 322 g/mol. The number of rotatable bonds is 3. The van der Waals surface area contributed by atoms with Gasteiger partial charge in [0.2, 0.25) is 0 Å². The van der Waals surface area contributed by atoms with E-state index in [2.05, 4.69) is 24.1 Å². The summed E-state index contributed by atoms with van der Waals surface area (Å²) in [5.74, 6) is 0. The van der Waals surface area contributed by atoms with Crippen LogP contribution in [0.1, 0.15) is 26.7 Å². The highest BCUT2D eigenvalue weighted by Crippen LogP contribution is 2.35. The Morgan fingerprint density at radius 1 is 1.11 bits per heavy atom. The standard InChI is InChI=1S/C14H19Cl3N2/c1-9(2)19-5-3-11(4-6-19)18-14-12(16)7-10(15)8-13(14)17/h7-9,11,18H,3-6H2,1-2H3. The van der Waals surface area contributed by atoms with E-state index in [9.17, 15) is 0 Å². The molecule has 0 radical (unpaired) electrons. The molecule has 1 fully saturated rings. The molecule has 0 saturated carbocycles. The van der Waals surface area contributed by atoms with Gasteiger partial charge in [0.15, 0.2) is 0 Å². The quantitative estimate of drug-likeness (QED) is 0.849. The van der Waals surface area contributed by atoms with E-state index >= 15 is 0 Å². The molecule has 1 aliphatic rings. The van der Waals surface area contributed by atoms with Gasteiger partial charge in [-0.25, -0.2) is 0 Å². The van der Waals surface area contributed by atoms with E-state index in [-0.39, 0.29) is 0 Å². The molecule has 5 heteroatoms. The number of nitrogens with one attached hydrogen (secondary N) is 1. The van der Waals surface area contributed by atoms with E-state index in [0.29, 0.717) is 27.2 Å². The van der Waals surface area contributed by atoms with Crippen LogP contribution in [0.4, 0.5) is 5.69 Å². The van der Waals surface area contributed by atoms with Crippen LogP contribution >= 0.6 is 34.8 Å². The molecule has 19 heavy (non-hydrogen) atoms. The van der Waals surface area contributed by atoms with Gasteiger partial charge >= 0.3 is 0 Å². The minimum atomic E-state index is 0.422. The zero-order valence-electron chi connectivity index (χ0n) is 11.2. The fourth-order valence-corrected chi connectivity index (χ4v) is 3.37. The second-order valence-corrected chi connectivity index (χ2v) is 6.54. The number of anilines is 1. The zero-order valence-corrected chi connectivity index (χ0v) is 13.5. The van der Waals surface area contributed by atoms with Crippen molar-refractivity contribution in [2.45, 2.75) is 38.8 Å². The predicted octanol–water partition coefficient (Wildman–Crippen LogP) is 4.93. The number of halogens is 3. The molecule has 1 N–H and O–H groups in total. The van der Waals surface area contributed by atoms with Crippen LogP contribution in [-0.2, 0) is 0 Å². The molecule has 1 heterocycles. The number of benzene rings is 1. The van der Waals surface area contributed by atoms with E-state index in [1.807, 2.05) is 0 Å². The van der Waals surface area contributed by atoms with Crippen molar-refractivity contribution < 1.29 is 0 Å². The maximum atomic E-state index is 6.19. The van der Waals surface area contributed by atoms with Gasteiger partial charge in [-0.05, 0) is 38.8 Å². The van der Waals surface area contributed by atoms with Gasteiger partial charge in [0, 0.05) is 30.2 Å². The number of hydrogen-bond acceptors (Lipinski definition) is 2. The largest absolute Gasteiger partial charge is 0.380 e. The lowest BCUT2D eigenvalue weighted by molar-refractivity contribution is 0.177. The van der Waals surface area contributed by atoms with Crippen molar-refractivity contribution in [3.8, 4) is 0 Å². The summed E-state index contributed by atoms with van der Waals surface area (Å²) in [7, 11) is 0. The second-order valence-electron chi connectivity index (χ2n) is 5.29. The molecule has 0 atom stereocenters. The Labute approximate surface area is 130 Å². The van der Waals surface area contributed by atoms with Crippen LogP contribution in [0.15, 0.2) is 12.1 Å². The Balaban J connectivity index is 2.00. The first-order valence-electron chi connectivity index (χ1n) is 6.62. The van der Waals surface area contributed by atoms with Gasteiger partial charge in [-0.1, -0.05) is 34.8 Å². The van der Waals surface area contributed by atoms with E-state index in [1.54, 1.807) is 12.1 Å². The molecule has 1 aliphatic heterocycles. The molecule has 2 nitrogen and oxygen atoms in total. The van der Waals surface area contributed by atoms with Crippen molar-refractivity contribution in [3.63, 3.8) is 0 Å². The van der Waals surface area contributed by atoms with Crippen molar-refractivity contribution in [2.75, 3.05) is 18.4 Å². The van der Waals surface area contributed by atoms with Crippen LogP contribution in [-0.4, -0.2) is 30.1 Å². The molecule has 0 aliphatic carbocycles. The Morgan fingerprint density at radius 3 is 2.11 bits per heavy atom. The molecular formula is C14H19Cl3N2. The maximum Gasteiger partial charge on any atom is 0.0722 e. The molecular weight excluding hydrogens is 303 g/mol. The van der Waals surface area contributed by atoms with Crippen LogP contribution in [0.2, 0.25) is 15.1 Å². The molecule has 0 unspecified atom stereocenters. The lowest BCUT2D eigenvalue weighted by Crippen LogP contribution is -2.42. The number of likely N-dealkylation sites (tertiary alicyclic amines) is 1. The third kappa shape index (κ3) is 3.91. The van der Waals surface area contributed by atoms with Crippen molar-refractivity contribution in [1.29, 1.82) is 0 Å². The summed E-state index contributed by atoms with van der Waals surface area (Å²) in [5, 5.41) is 5.19. The first-order chi connectivity index (χ1) is 8.97. The van der Waals surface area contributed by atoms with Crippen LogP contribution in [0.5, 0.6) is 0 Å². The third-order valence-corrected chi connectivity index (χ3v) is 4.43. The molecule has 0 aromatic heterocycles. The van der Waals surface area contributed by atoms with Gasteiger partial charge < -0.3 is 10.2 Å². The highest BCUT2D eigenvalue weighted by molar-refractivity contribution is 6.41. The van der Waals surface area contributed by atoms with E-state index in [1.165, 1.54) is 0 Å². The first kappa shape index (κ1) is 15.2. The van der Waals surface area contributed by atoms with Gasteiger partial charge in [0.25, 0.3) is 0 Å². The summed E-state index contributed by atoms with van der Waals surface area (Å²) >= 11 is 18.3. The lowest BCUT2D eigenvalue weighted by atomic mass is 10.0. The van der Waals surface area contributed by atoms with E-state index in [0.717, 1.165) is 31.6 Å². The summed E-state index contributed by atoms with van der Waals surface area (Å²) in [4.78, 5) is 2.49. The second kappa shape index (κ2) is 6.53. The van der Waals surface area contributed by atoms with Crippen LogP contribution in [0.25, 0.3) is 0 Å². The molecule has 1 aromatic rings. The molecule has 0 amide bonds. The fourth-order valence-electron chi connectivity index (χ4n) is 2.44. The van der Waals surface area contributed by atoms with Crippen molar-refractivity contribution >= 4 is 40.5 Å². The summed E-state index contributed by atoms with van der Waals surface area (Å²) in [6, 6.07) is 4.48. The van der Waals surface area contributed by atoms with Gasteiger partial charge in [0.1, 0.15) is 0 Å². The Kier molecular flexibility index (Phi) is 5.24. The Bertz CT molecular complexity index is 417. The van der Waals surface area contributed by atoms with Gasteiger partial charge in [0.05, 0.1) is 15.7 Å². The summed E-state index contributed by atoms with van der Waals surface area (Å²) in [6.45, 7) is 6.69. The van der Waals surface area contributed by atoms with Gasteiger partial charge in [-0.2, -0.15) is 0 Å². The van der Waals surface area contributed by atoms with E-state index in [4.69, 9.17) is 34.8 Å². The zero-order chi connectivity index (χ0) is 14.0. The Hall–Kier alpha value is -0.150. The lowest BCUT2D eigenvalue weighted by Gasteiger charge is -2.35. The minimum Gasteiger partial charge on any atom is -0.380 e. The minimum absolute atomic E-state index is 0.422. The van der Waals surface area contributed by atoms with Crippen LogP contribution in [0.3, 0.4) is 0 Å². The molecule has 1 aromatic carbocycles. The number of hydrogen-bond donors (Lipinski definition) is 1. The SMILES string of the molecule is CC(C)N1CCC(Nc2c(Cl)cc(Cl)cc2Cl)CC1. The molecule has 0 bridgehead atoms. The first-order valence-corrected chi connectivity index (χ1v) is 7.76. The summed E-state index contributed by atoms with van der Waals surface area (Å²) in [5.41, 5.74) is 0.802. The fraction of sp³-hybridized carbons (Fsp3) is 0.571. The van der Waals surface area contributed by atoms with Crippen LogP contribution in [0, 0.1) is 0 Å². The van der Waals surface area contributed by atoms with Crippen molar-refractivity contribution in [1.82, 2.24) is 4.90 Å².